The molecule has 1 nitrogen and oxygen atoms in total. The Labute approximate surface area is 93.6 Å². The number of hydrogen-bond donors (Lipinski definition) is 0. The highest BCUT2D eigenvalue weighted by molar-refractivity contribution is 9.10. The first-order valence-electron chi connectivity index (χ1n) is 5.07. The van der Waals surface area contributed by atoms with E-state index >= 15 is 0 Å². The van der Waals surface area contributed by atoms with Crippen LogP contribution in [0.15, 0.2) is 22.7 Å². The summed E-state index contributed by atoms with van der Waals surface area (Å²) in [5, 5.41) is 0. The van der Waals surface area contributed by atoms with Crippen LogP contribution in [0.1, 0.15) is 24.5 Å². The van der Waals surface area contributed by atoms with Crippen LogP contribution in [0, 0.1) is 6.92 Å². The summed E-state index contributed by atoms with van der Waals surface area (Å²) in [5.41, 5.74) is 2.69. The lowest BCUT2D eigenvalue weighted by atomic mass is 10.1. The van der Waals surface area contributed by atoms with Crippen molar-refractivity contribution in [2.24, 2.45) is 0 Å². The fourth-order valence-corrected chi connectivity index (χ4v) is 2.06. The average Bonchev–Trinajstić information content (AvgIpc) is 2.85. The molecule has 0 spiro atoms. The van der Waals surface area contributed by atoms with Gasteiger partial charge in [-0.25, -0.2) is 0 Å². The second-order valence-electron chi connectivity index (χ2n) is 4.00. The number of rotatable bonds is 3. The summed E-state index contributed by atoms with van der Waals surface area (Å²) in [6.45, 7) is 4.25. The molecule has 0 N–H and O–H groups in total. The summed E-state index contributed by atoms with van der Waals surface area (Å²) in [6, 6.07) is 6.58. The van der Waals surface area contributed by atoms with E-state index in [0.29, 0.717) is 12.2 Å². The van der Waals surface area contributed by atoms with Crippen molar-refractivity contribution in [3.05, 3.63) is 33.8 Å². The van der Waals surface area contributed by atoms with E-state index in [-0.39, 0.29) is 0 Å². The van der Waals surface area contributed by atoms with E-state index in [1.165, 1.54) is 15.6 Å². The average molecular weight is 255 g/mol. The number of hydrogen-bond acceptors (Lipinski definition) is 1. The molecule has 76 valence electrons. The van der Waals surface area contributed by atoms with Crippen LogP contribution < -0.4 is 0 Å². The summed E-state index contributed by atoms with van der Waals surface area (Å²) < 4.78 is 6.59. The molecule has 2 unspecified atom stereocenters. The van der Waals surface area contributed by atoms with Crippen LogP contribution in [0.25, 0.3) is 0 Å². The standard InChI is InChI=1S/C12H15BrO/c1-8-3-4-10(7-11(8)13)5-6-12-9(2)14-12/h3-4,7,9,12H,5-6H2,1-2H3. The van der Waals surface area contributed by atoms with Gasteiger partial charge in [0.25, 0.3) is 0 Å². The van der Waals surface area contributed by atoms with Crippen molar-refractivity contribution in [1.29, 1.82) is 0 Å². The molecule has 0 saturated carbocycles. The van der Waals surface area contributed by atoms with Gasteiger partial charge in [0.15, 0.2) is 0 Å². The Kier molecular flexibility index (Phi) is 2.93. The van der Waals surface area contributed by atoms with Gasteiger partial charge < -0.3 is 4.74 Å². The number of epoxide rings is 1. The molecule has 1 aromatic carbocycles. The minimum atomic E-state index is 0.490. The Morgan fingerprint density at radius 1 is 1.43 bits per heavy atom. The molecular weight excluding hydrogens is 240 g/mol. The minimum Gasteiger partial charge on any atom is -0.370 e. The summed E-state index contributed by atoms with van der Waals surface area (Å²) in [4.78, 5) is 0. The Hall–Kier alpha value is -0.340. The molecule has 0 amide bonds. The van der Waals surface area contributed by atoms with Crippen LogP contribution in [-0.2, 0) is 11.2 Å². The van der Waals surface area contributed by atoms with Gasteiger partial charge in [0, 0.05) is 4.47 Å². The molecule has 2 heteroatoms. The number of ether oxygens (including phenoxy) is 1. The van der Waals surface area contributed by atoms with Crippen molar-refractivity contribution >= 4 is 15.9 Å². The molecule has 2 atom stereocenters. The van der Waals surface area contributed by atoms with E-state index in [9.17, 15) is 0 Å². The second kappa shape index (κ2) is 4.03. The maximum Gasteiger partial charge on any atom is 0.0842 e. The van der Waals surface area contributed by atoms with E-state index < -0.39 is 0 Å². The van der Waals surface area contributed by atoms with Gasteiger partial charge >= 0.3 is 0 Å². The van der Waals surface area contributed by atoms with Crippen LogP contribution in [0.5, 0.6) is 0 Å². The van der Waals surface area contributed by atoms with E-state index in [2.05, 4.69) is 48.0 Å². The lowest BCUT2D eigenvalue weighted by Gasteiger charge is -2.02. The number of halogens is 1. The molecule has 14 heavy (non-hydrogen) atoms. The third kappa shape index (κ3) is 2.37. The van der Waals surface area contributed by atoms with Gasteiger partial charge in [0.2, 0.25) is 0 Å². The first-order valence-corrected chi connectivity index (χ1v) is 5.86. The highest BCUT2D eigenvalue weighted by Crippen LogP contribution is 2.26. The molecule has 1 saturated heterocycles. The van der Waals surface area contributed by atoms with Crippen molar-refractivity contribution < 1.29 is 4.74 Å². The van der Waals surface area contributed by atoms with Crippen LogP contribution in [-0.4, -0.2) is 12.2 Å². The number of aryl methyl sites for hydroxylation is 2. The summed E-state index contributed by atoms with van der Waals surface area (Å²) >= 11 is 3.55. The Morgan fingerprint density at radius 2 is 2.14 bits per heavy atom. The zero-order valence-corrected chi connectivity index (χ0v) is 10.2. The van der Waals surface area contributed by atoms with E-state index in [0.717, 1.165) is 12.8 Å². The van der Waals surface area contributed by atoms with Crippen molar-refractivity contribution in [1.82, 2.24) is 0 Å². The fourth-order valence-electron chi connectivity index (χ4n) is 1.63. The predicted octanol–water partition coefficient (Wildman–Crippen LogP) is 3.48. The van der Waals surface area contributed by atoms with E-state index in [4.69, 9.17) is 4.74 Å². The molecule has 1 aliphatic rings. The Morgan fingerprint density at radius 3 is 2.71 bits per heavy atom. The van der Waals surface area contributed by atoms with Gasteiger partial charge in [-0.2, -0.15) is 0 Å². The molecular formula is C12H15BrO. The Balaban J connectivity index is 1.92. The van der Waals surface area contributed by atoms with Crippen LogP contribution in [0.3, 0.4) is 0 Å². The van der Waals surface area contributed by atoms with Crippen molar-refractivity contribution in [3.8, 4) is 0 Å². The second-order valence-corrected chi connectivity index (χ2v) is 4.86. The normalized spacial score (nSPS) is 25.1. The maximum absolute atomic E-state index is 5.38. The molecule has 1 heterocycles. The molecule has 1 aromatic rings. The zero-order chi connectivity index (χ0) is 10.1. The van der Waals surface area contributed by atoms with E-state index in [1.807, 2.05) is 0 Å². The fraction of sp³-hybridized carbons (Fsp3) is 0.500. The van der Waals surface area contributed by atoms with Gasteiger partial charge in [-0.3, -0.25) is 0 Å². The highest BCUT2D eigenvalue weighted by Gasteiger charge is 2.33. The van der Waals surface area contributed by atoms with Crippen molar-refractivity contribution in [2.75, 3.05) is 0 Å². The van der Waals surface area contributed by atoms with E-state index in [1.54, 1.807) is 0 Å². The van der Waals surface area contributed by atoms with Gasteiger partial charge in [-0.05, 0) is 43.9 Å². The molecule has 0 radical (unpaired) electrons. The third-order valence-corrected chi connectivity index (χ3v) is 3.64. The molecule has 1 aliphatic heterocycles. The van der Waals surface area contributed by atoms with Crippen LogP contribution in [0.4, 0.5) is 0 Å². The first-order chi connectivity index (χ1) is 6.66. The number of benzene rings is 1. The van der Waals surface area contributed by atoms with Crippen LogP contribution in [0.2, 0.25) is 0 Å². The minimum absolute atomic E-state index is 0.490. The monoisotopic (exact) mass is 254 g/mol. The quantitative estimate of drug-likeness (QED) is 0.753. The molecule has 0 bridgehead atoms. The van der Waals surface area contributed by atoms with Gasteiger partial charge in [0.05, 0.1) is 12.2 Å². The summed E-state index contributed by atoms with van der Waals surface area (Å²) in [5.74, 6) is 0. The summed E-state index contributed by atoms with van der Waals surface area (Å²) in [7, 11) is 0. The summed E-state index contributed by atoms with van der Waals surface area (Å²) in [6.07, 6.45) is 3.27. The smallest absolute Gasteiger partial charge is 0.0842 e. The van der Waals surface area contributed by atoms with Crippen molar-refractivity contribution in [2.45, 2.75) is 38.9 Å². The largest absolute Gasteiger partial charge is 0.370 e. The maximum atomic E-state index is 5.38. The van der Waals surface area contributed by atoms with Gasteiger partial charge in [0.1, 0.15) is 0 Å². The van der Waals surface area contributed by atoms with Gasteiger partial charge in [-0.15, -0.1) is 0 Å². The molecule has 0 aliphatic carbocycles. The molecule has 2 rings (SSSR count). The SMILES string of the molecule is Cc1ccc(CCC2OC2C)cc1Br. The third-order valence-electron chi connectivity index (χ3n) is 2.79. The van der Waals surface area contributed by atoms with Crippen LogP contribution >= 0.6 is 15.9 Å². The highest BCUT2D eigenvalue weighted by atomic mass is 79.9. The first kappa shape index (κ1) is 10.2. The van der Waals surface area contributed by atoms with Crippen molar-refractivity contribution in [3.63, 3.8) is 0 Å². The predicted molar refractivity (Wildman–Crippen MR) is 61.5 cm³/mol. The van der Waals surface area contributed by atoms with Gasteiger partial charge in [-0.1, -0.05) is 28.1 Å². The molecule has 0 aromatic heterocycles. The lowest BCUT2D eigenvalue weighted by molar-refractivity contribution is 0.370. The molecule has 1 fully saturated rings. The topological polar surface area (TPSA) is 12.5 Å². The zero-order valence-electron chi connectivity index (χ0n) is 8.59. The lowest BCUT2D eigenvalue weighted by Crippen LogP contribution is -1.94. The Bertz CT molecular complexity index is 335.